The van der Waals surface area contributed by atoms with Crippen molar-refractivity contribution in [1.82, 2.24) is 10.2 Å². The topological polar surface area (TPSA) is 32.3 Å². The van der Waals surface area contributed by atoms with Crippen LogP contribution in [0.15, 0.2) is 12.7 Å². The van der Waals surface area contributed by atoms with Crippen LogP contribution in [0.4, 0.5) is 0 Å². The lowest BCUT2D eigenvalue weighted by Crippen LogP contribution is -2.38. The molecule has 1 amide bonds. The largest absolute Gasteiger partial charge is 0.352 e. The van der Waals surface area contributed by atoms with Crippen molar-refractivity contribution >= 4 is 5.91 Å². The third-order valence-electron chi connectivity index (χ3n) is 2.51. The van der Waals surface area contributed by atoms with Gasteiger partial charge < -0.3 is 10.2 Å². The van der Waals surface area contributed by atoms with Gasteiger partial charge in [-0.3, -0.25) is 4.79 Å². The molecule has 74 valence electrons. The van der Waals surface area contributed by atoms with Gasteiger partial charge in [0, 0.05) is 12.5 Å². The first-order valence-electron chi connectivity index (χ1n) is 4.81. The number of nitrogens with one attached hydrogen (secondary N) is 1. The summed E-state index contributed by atoms with van der Waals surface area (Å²) < 4.78 is 0. The molecule has 0 atom stereocenters. The summed E-state index contributed by atoms with van der Waals surface area (Å²) in [5.74, 6) is 0.407. The van der Waals surface area contributed by atoms with Crippen LogP contribution in [-0.4, -0.2) is 37.5 Å². The molecule has 0 aromatic carbocycles. The highest BCUT2D eigenvalue weighted by Gasteiger charge is 2.22. The standard InChI is InChI=1S/C10H18N2O/c1-3-6-11-10(13)9-4-7-12(2)8-5-9/h3,9H,1,4-8H2,2H3,(H,11,13). The summed E-state index contributed by atoms with van der Waals surface area (Å²) in [6.07, 6.45) is 3.69. The molecule has 0 aromatic heterocycles. The fourth-order valence-electron chi connectivity index (χ4n) is 1.59. The van der Waals surface area contributed by atoms with Crippen LogP contribution in [0.1, 0.15) is 12.8 Å². The smallest absolute Gasteiger partial charge is 0.223 e. The molecule has 1 fully saturated rings. The van der Waals surface area contributed by atoms with Crippen LogP contribution in [0.3, 0.4) is 0 Å². The average Bonchev–Trinajstić information content (AvgIpc) is 2.15. The van der Waals surface area contributed by atoms with E-state index in [0.717, 1.165) is 25.9 Å². The van der Waals surface area contributed by atoms with Gasteiger partial charge in [0.15, 0.2) is 0 Å². The van der Waals surface area contributed by atoms with Gasteiger partial charge >= 0.3 is 0 Å². The van der Waals surface area contributed by atoms with E-state index in [2.05, 4.69) is 23.8 Å². The molecular formula is C10H18N2O. The monoisotopic (exact) mass is 182 g/mol. The van der Waals surface area contributed by atoms with Gasteiger partial charge in [0.25, 0.3) is 0 Å². The number of likely N-dealkylation sites (tertiary alicyclic amines) is 1. The van der Waals surface area contributed by atoms with E-state index in [1.165, 1.54) is 0 Å². The first-order chi connectivity index (χ1) is 6.24. The van der Waals surface area contributed by atoms with E-state index in [0.29, 0.717) is 6.54 Å². The minimum Gasteiger partial charge on any atom is -0.352 e. The maximum atomic E-state index is 11.5. The third kappa shape index (κ3) is 3.19. The van der Waals surface area contributed by atoms with Crippen molar-refractivity contribution in [2.45, 2.75) is 12.8 Å². The Bertz CT molecular complexity index is 183. The summed E-state index contributed by atoms with van der Waals surface area (Å²) in [7, 11) is 2.10. The van der Waals surface area contributed by atoms with Gasteiger partial charge in [-0.2, -0.15) is 0 Å². The Balaban J connectivity index is 2.27. The molecule has 0 bridgehead atoms. The predicted molar refractivity (Wildman–Crippen MR) is 53.4 cm³/mol. The molecular weight excluding hydrogens is 164 g/mol. The molecule has 1 aliphatic rings. The number of rotatable bonds is 3. The van der Waals surface area contributed by atoms with Crippen LogP contribution >= 0.6 is 0 Å². The fraction of sp³-hybridized carbons (Fsp3) is 0.700. The summed E-state index contributed by atoms with van der Waals surface area (Å²) in [4.78, 5) is 13.7. The molecule has 3 heteroatoms. The molecule has 1 aliphatic heterocycles. The van der Waals surface area contributed by atoms with Gasteiger partial charge in [-0.05, 0) is 33.0 Å². The van der Waals surface area contributed by atoms with E-state index in [1.54, 1.807) is 6.08 Å². The van der Waals surface area contributed by atoms with E-state index in [4.69, 9.17) is 0 Å². The molecule has 0 aliphatic carbocycles. The summed E-state index contributed by atoms with van der Waals surface area (Å²) in [5.41, 5.74) is 0. The maximum Gasteiger partial charge on any atom is 0.223 e. The maximum absolute atomic E-state index is 11.5. The number of hydrogen-bond donors (Lipinski definition) is 1. The number of carbonyl (C=O) groups is 1. The van der Waals surface area contributed by atoms with Crippen LogP contribution in [0, 0.1) is 5.92 Å². The lowest BCUT2D eigenvalue weighted by molar-refractivity contribution is -0.126. The minimum atomic E-state index is 0.188. The highest BCUT2D eigenvalue weighted by molar-refractivity contribution is 5.78. The Morgan fingerprint density at radius 3 is 2.77 bits per heavy atom. The van der Waals surface area contributed by atoms with Crippen molar-refractivity contribution in [3.8, 4) is 0 Å². The fourth-order valence-corrected chi connectivity index (χ4v) is 1.59. The highest BCUT2D eigenvalue weighted by Crippen LogP contribution is 2.15. The molecule has 0 unspecified atom stereocenters. The van der Waals surface area contributed by atoms with Gasteiger partial charge in [0.05, 0.1) is 0 Å². The van der Waals surface area contributed by atoms with E-state index in [9.17, 15) is 4.79 Å². The van der Waals surface area contributed by atoms with Crippen LogP contribution in [0.25, 0.3) is 0 Å². The number of piperidine rings is 1. The summed E-state index contributed by atoms with van der Waals surface area (Å²) in [6, 6.07) is 0. The second-order valence-corrected chi connectivity index (χ2v) is 3.61. The van der Waals surface area contributed by atoms with Crippen molar-refractivity contribution in [2.75, 3.05) is 26.7 Å². The lowest BCUT2D eigenvalue weighted by Gasteiger charge is -2.27. The van der Waals surface area contributed by atoms with Gasteiger partial charge in [-0.25, -0.2) is 0 Å². The Labute approximate surface area is 79.8 Å². The van der Waals surface area contributed by atoms with Crippen LogP contribution in [0.2, 0.25) is 0 Å². The van der Waals surface area contributed by atoms with Gasteiger partial charge in [-0.15, -0.1) is 6.58 Å². The van der Waals surface area contributed by atoms with Gasteiger partial charge in [-0.1, -0.05) is 6.08 Å². The Kier molecular flexibility index (Phi) is 3.96. The number of nitrogens with zero attached hydrogens (tertiary/aromatic N) is 1. The average molecular weight is 182 g/mol. The quantitative estimate of drug-likeness (QED) is 0.649. The minimum absolute atomic E-state index is 0.188. The van der Waals surface area contributed by atoms with E-state index in [1.807, 2.05) is 0 Å². The van der Waals surface area contributed by atoms with Gasteiger partial charge in [0.2, 0.25) is 5.91 Å². The molecule has 3 nitrogen and oxygen atoms in total. The zero-order valence-electron chi connectivity index (χ0n) is 8.25. The molecule has 1 rings (SSSR count). The zero-order valence-corrected chi connectivity index (χ0v) is 8.25. The molecule has 0 spiro atoms. The van der Waals surface area contributed by atoms with Crippen molar-refractivity contribution in [3.05, 3.63) is 12.7 Å². The molecule has 0 saturated carbocycles. The van der Waals surface area contributed by atoms with Crippen molar-refractivity contribution < 1.29 is 4.79 Å². The summed E-state index contributed by atoms with van der Waals surface area (Å²) in [6.45, 7) is 6.22. The second-order valence-electron chi connectivity index (χ2n) is 3.61. The predicted octanol–water partition coefficient (Wildman–Crippen LogP) is 0.630. The molecule has 1 saturated heterocycles. The SMILES string of the molecule is C=CCNC(=O)C1CCN(C)CC1. The molecule has 0 radical (unpaired) electrons. The van der Waals surface area contributed by atoms with Crippen LogP contribution in [-0.2, 0) is 4.79 Å². The lowest BCUT2D eigenvalue weighted by atomic mass is 9.96. The van der Waals surface area contributed by atoms with Crippen molar-refractivity contribution in [2.24, 2.45) is 5.92 Å². The molecule has 0 aromatic rings. The Morgan fingerprint density at radius 1 is 1.62 bits per heavy atom. The molecule has 1 heterocycles. The first kappa shape index (κ1) is 10.3. The van der Waals surface area contributed by atoms with Crippen molar-refractivity contribution in [3.63, 3.8) is 0 Å². The zero-order chi connectivity index (χ0) is 9.68. The molecule has 13 heavy (non-hydrogen) atoms. The normalized spacial score (nSPS) is 19.8. The first-order valence-corrected chi connectivity index (χ1v) is 4.81. The van der Waals surface area contributed by atoms with E-state index >= 15 is 0 Å². The summed E-state index contributed by atoms with van der Waals surface area (Å²) in [5, 5.41) is 2.84. The van der Waals surface area contributed by atoms with Crippen LogP contribution < -0.4 is 5.32 Å². The second kappa shape index (κ2) is 5.02. The van der Waals surface area contributed by atoms with E-state index < -0.39 is 0 Å². The van der Waals surface area contributed by atoms with Gasteiger partial charge in [0.1, 0.15) is 0 Å². The van der Waals surface area contributed by atoms with Crippen LogP contribution in [0.5, 0.6) is 0 Å². The highest BCUT2D eigenvalue weighted by atomic mass is 16.1. The third-order valence-corrected chi connectivity index (χ3v) is 2.51. The summed E-state index contributed by atoms with van der Waals surface area (Å²) >= 11 is 0. The van der Waals surface area contributed by atoms with Crippen molar-refractivity contribution in [1.29, 1.82) is 0 Å². The number of hydrogen-bond acceptors (Lipinski definition) is 2. The Morgan fingerprint density at radius 2 is 2.23 bits per heavy atom. The van der Waals surface area contributed by atoms with E-state index in [-0.39, 0.29) is 11.8 Å². The number of amides is 1. The number of carbonyl (C=O) groups excluding carboxylic acids is 1. The Hall–Kier alpha value is -0.830. The molecule has 1 N–H and O–H groups in total.